The van der Waals surface area contributed by atoms with Gasteiger partial charge < -0.3 is 10.2 Å². The van der Waals surface area contributed by atoms with E-state index in [2.05, 4.69) is 12.2 Å². The number of para-hydroxylation sites is 1. The van der Waals surface area contributed by atoms with Crippen molar-refractivity contribution in [1.29, 1.82) is 0 Å². The minimum atomic E-state index is -0.364. The summed E-state index contributed by atoms with van der Waals surface area (Å²) in [5.41, 5.74) is 0.752. The molecular weight excluding hydrogens is 255 g/mol. The van der Waals surface area contributed by atoms with Gasteiger partial charge in [-0.2, -0.15) is 0 Å². The van der Waals surface area contributed by atoms with Crippen LogP contribution in [0.3, 0.4) is 0 Å². The van der Waals surface area contributed by atoms with E-state index >= 15 is 0 Å². The van der Waals surface area contributed by atoms with Gasteiger partial charge in [0.1, 0.15) is 5.82 Å². The zero-order valence-electron chi connectivity index (χ0n) is 12.4. The molecule has 110 valence electrons. The molecule has 0 heterocycles. The van der Waals surface area contributed by atoms with Gasteiger partial charge in [0.15, 0.2) is 0 Å². The highest BCUT2D eigenvalue weighted by molar-refractivity contribution is 5.99. The Bertz CT molecular complexity index is 485. The number of halogens is 1. The van der Waals surface area contributed by atoms with Crippen LogP contribution in [0.1, 0.15) is 43.5 Å². The molecule has 0 saturated heterocycles. The van der Waals surface area contributed by atoms with E-state index in [1.165, 1.54) is 18.9 Å². The molecule has 4 heteroatoms. The Morgan fingerprint density at radius 1 is 1.50 bits per heavy atom. The van der Waals surface area contributed by atoms with Gasteiger partial charge in [-0.05, 0) is 44.2 Å². The van der Waals surface area contributed by atoms with Crippen LogP contribution in [0.15, 0.2) is 18.2 Å². The predicted molar refractivity (Wildman–Crippen MR) is 79.5 cm³/mol. The number of benzene rings is 1. The van der Waals surface area contributed by atoms with Crippen molar-refractivity contribution in [2.45, 2.75) is 39.2 Å². The SMILES string of the molecule is CCCNc1c(F)cccc1C(=O)N(C)C(C)C1CC1. The van der Waals surface area contributed by atoms with Gasteiger partial charge in [-0.15, -0.1) is 0 Å². The van der Waals surface area contributed by atoms with Crippen LogP contribution in [-0.2, 0) is 0 Å². The van der Waals surface area contributed by atoms with E-state index in [0.29, 0.717) is 23.7 Å². The summed E-state index contributed by atoms with van der Waals surface area (Å²) in [4.78, 5) is 14.3. The Balaban J connectivity index is 2.21. The second kappa shape index (κ2) is 6.25. The summed E-state index contributed by atoms with van der Waals surface area (Å²) in [5.74, 6) is 0.129. The Morgan fingerprint density at radius 2 is 2.20 bits per heavy atom. The van der Waals surface area contributed by atoms with E-state index in [-0.39, 0.29) is 17.8 Å². The van der Waals surface area contributed by atoms with Crippen LogP contribution in [0.2, 0.25) is 0 Å². The Kier molecular flexibility index (Phi) is 4.63. The quantitative estimate of drug-likeness (QED) is 0.863. The van der Waals surface area contributed by atoms with Crippen molar-refractivity contribution in [3.63, 3.8) is 0 Å². The van der Waals surface area contributed by atoms with Crippen molar-refractivity contribution in [3.05, 3.63) is 29.6 Å². The molecule has 20 heavy (non-hydrogen) atoms. The standard InChI is InChI=1S/C16H23FN2O/c1-4-10-18-15-13(6-5-7-14(15)17)16(20)19(3)11(2)12-8-9-12/h5-7,11-12,18H,4,8-10H2,1-3H3. The van der Waals surface area contributed by atoms with Gasteiger partial charge in [-0.3, -0.25) is 4.79 Å². The molecule has 1 fully saturated rings. The number of hydrogen-bond donors (Lipinski definition) is 1. The van der Waals surface area contributed by atoms with E-state index < -0.39 is 0 Å². The third-order valence-corrected chi connectivity index (χ3v) is 4.03. The highest BCUT2D eigenvalue weighted by Gasteiger charge is 2.33. The average Bonchev–Trinajstić information content (AvgIpc) is 3.28. The monoisotopic (exact) mass is 278 g/mol. The summed E-state index contributed by atoms with van der Waals surface area (Å²) >= 11 is 0. The van der Waals surface area contributed by atoms with Crippen molar-refractivity contribution in [2.75, 3.05) is 18.9 Å². The first kappa shape index (κ1) is 14.8. The number of anilines is 1. The van der Waals surface area contributed by atoms with Crippen LogP contribution < -0.4 is 5.32 Å². The lowest BCUT2D eigenvalue weighted by atomic mass is 10.1. The lowest BCUT2D eigenvalue weighted by molar-refractivity contribution is 0.0728. The summed E-state index contributed by atoms with van der Waals surface area (Å²) in [6.45, 7) is 4.73. The van der Waals surface area contributed by atoms with E-state index in [1.807, 2.05) is 6.92 Å². The normalized spacial score (nSPS) is 15.8. The molecule has 1 aromatic carbocycles. The maximum absolute atomic E-state index is 13.9. The van der Waals surface area contributed by atoms with Gasteiger partial charge >= 0.3 is 0 Å². The van der Waals surface area contributed by atoms with Crippen LogP contribution in [-0.4, -0.2) is 30.4 Å². The Labute approximate surface area is 120 Å². The van der Waals surface area contributed by atoms with Crippen molar-refractivity contribution in [2.24, 2.45) is 5.92 Å². The molecule has 1 aliphatic rings. The summed E-state index contributed by atoms with van der Waals surface area (Å²) in [6.07, 6.45) is 3.25. The third kappa shape index (κ3) is 3.11. The van der Waals surface area contributed by atoms with Crippen LogP contribution >= 0.6 is 0 Å². The first-order chi connectivity index (χ1) is 9.56. The minimum absolute atomic E-state index is 0.109. The molecule has 1 aliphatic carbocycles. The second-order valence-corrected chi connectivity index (χ2v) is 5.58. The van der Waals surface area contributed by atoms with Gasteiger partial charge in [-0.25, -0.2) is 4.39 Å². The molecular formula is C16H23FN2O. The fraction of sp³-hybridized carbons (Fsp3) is 0.562. The van der Waals surface area contributed by atoms with Crippen LogP contribution in [0.4, 0.5) is 10.1 Å². The molecule has 1 unspecified atom stereocenters. The van der Waals surface area contributed by atoms with E-state index in [0.717, 1.165) is 6.42 Å². The molecule has 1 saturated carbocycles. The van der Waals surface area contributed by atoms with E-state index in [4.69, 9.17) is 0 Å². The smallest absolute Gasteiger partial charge is 0.256 e. The molecule has 0 spiro atoms. The molecule has 3 nitrogen and oxygen atoms in total. The Morgan fingerprint density at radius 3 is 2.80 bits per heavy atom. The molecule has 0 radical (unpaired) electrons. The number of rotatable bonds is 6. The number of nitrogens with zero attached hydrogens (tertiary/aromatic N) is 1. The van der Waals surface area contributed by atoms with Gasteiger partial charge in [-0.1, -0.05) is 13.0 Å². The van der Waals surface area contributed by atoms with Gasteiger partial charge in [0, 0.05) is 19.6 Å². The van der Waals surface area contributed by atoms with Gasteiger partial charge in [0.05, 0.1) is 11.3 Å². The maximum atomic E-state index is 13.9. The lowest BCUT2D eigenvalue weighted by Crippen LogP contribution is -2.36. The average molecular weight is 278 g/mol. The molecule has 1 N–H and O–H groups in total. The summed E-state index contributed by atoms with van der Waals surface area (Å²) in [7, 11) is 1.81. The van der Waals surface area contributed by atoms with Crippen LogP contribution in [0, 0.1) is 11.7 Å². The topological polar surface area (TPSA) is 32.3 Å². The highest BCUT2D eigenvalue weighted by atomic mass is 19.1. The summed E-state index contributed by atoms with van der Waals surface area (Å²) < 4.78 is 13.9. The van der Waals surface area contributed by atoms with Gasteiger partial charge in [0.25, 0.3) is 5.91 Å². The minimum Gasteiger partial charge on any atom is -0.382 e. The van der Waals surface area contributed by atoms with Crippen LogP contribution in [0.5, 0.6) is 0 Å². The zero-order chi connectivity index (χ0) is 14.7. The number of nitrogens with one attached hydrogen (secondary N) is 1. The highest BCUT2D eigenvalue weighted by Crippen LogP contribution is 2.35. The van der Waals surface area contributed by atoms with Gasteiger partial charge in [0.2, 0.25) is 0 Å². The number of hydrogen-bond acceptors (Lipinski definition) is 2. The number of amides is 1. The lowest BCUT2D eigenvalue weighted by Gasteiger charge is -2.26. The van der Waals surface area contributed by atoms with Crippen molar-refractivity contribution in [1.82, 2.24) is 4.90 Å². The molecule has 0 aromatic heterocycles. The Hall–Kier alpha value is -1.58. The van der Waals surface area contributed by atoms with Crippen LogP contribution in [0.25, 0.3) is 0 Å². The first-order valence-electron chi connectivity index (χ1n) is 7.35. The predicted octanol–water partition coefficient (Wildman–Crippen LogP) is 3.52. The zero-order valence-corrected chi connectivity index (χ0v) is 12.4. The van der Waals surface area contributed by atoms with Crippen molar-refractivity contribution >= 4 is 11.6 Å². The molecule has 0 bridgehead atoms. The fourth-order valence-corrected chi connectivity index (χ4v) is 2.40. The molecule has 2 rings (SSSR count). The first-order valence-corrected chi connectivity index (χ1v) is 7.35. The largest absolute Gasteiger partial charge is 0.382 e. The number of carbonyl (C=O) groups is 1. The number of carbonyl (C=O) groups excluding carboxylic acids is 1. The van der Waals surface area contributed by atoms with E-state index in [9.17, 15) is 9.18 Å². The summed E-state index contributed by atoms with van der Waals surface area (Å²) in [6, 6.07) is 4.89. The fourth-order valence-electron chi connectivity index (χ4n) is 2.40. The summed E-state index contributed by atoms with van der Waals surface area (Å²) in [5, 5.41) is 3.03. The molecule has 1 aromatic rings. The van der Waals surface area contributed by atoms with Crippen molar-refractivity contribution in [3.8, 4) is 0 Å². The third-order valence-electron chi connectivity index (χ3n) is 4.03. The molecule has 1 atom stereocenters. The second-order valence-electron chi connectivity index (χ2n) is 5.58. The molecule has 0 aliphatic heterocycles. The van der Waals surface area contributed by atoms with E-state index in [1.54, 1.807) is 24.1 Å². The molecule has 1 amide bonds. The maximum Gasteiger partial charge on any atom is 0.256 e. The van der Waals surface area contributed by atoms with Crippen molar-refractivity contribution < 1.29 is 9.18 Å².